The largest absolute Gasteiger partial charge is 0.460 e. The van der Waals surface area contributed by atoms with Crippen LogP contribution in [0.2, 0.25) is 0 Å². The van der Waals surface area contributed by atoms with Crippen LogP contribution in [0.4, 0.5) is 4.79 Å². The Bertz CT molecular complexity index is 1770. The van der Waals surface area contributed by atoms with Crippen molar-refractivity contribution in [3.63, 3.8) is 0 Å². The molecule has 2 aliphatic heterocycles. The predicted molar refractivity (Wildman–Crippen MR) is 212 cm³/mol. The Kier molecular flexibility index (Phi) is 15.4. The second kappa shape index (κ2) is 19.2. The Balaban J connectivity index is 1.42. The molecular formula is C39H52Cl3N5O9. The van der Waals surface area contributed by atoms with E-state index in [4.69, 9.17) is 58.7 Å². The summed E-state index contributed by atoms with van der Waals surface area (Å²) < 4.78 is 20.1. The highest BCUT2D eigenvalue weighted by atomic mass is 35.6. The zero-order valence-electron chi connectivity index (χ0n) is 32.8. The van der Waals surface area contributed by atoms with Gasteiger partial charge in [-0.05, 0) is 91.8 Å². The van der Waals surface area contributed by atoms with Crippen LogP contribution >= 0.6 is 34.8 Å². The topological polar surface area (TPSA) is 174 Å². The molecule has 308 valence electrons. The van der Waals surface area contributed by atoms with Gasteiger partial charge in [-0.2, -0.15) is 0 Å². The Labute approximate surface area is 342 Å². The van der Waals surface area contributed by atoms with Gasteiger partial charge in [0.05, 0.1) is 22.7 Å². The first-order chi connectivity index (χ1) is 26.1. The van der Waals surface area contributed by atoms with Crippen molar-refractivity contribution < 1.29 is 42.9 Å². The second-order valence-electron chi connectivity index (χ2n) is 15.7. The van der Waals surface area contributed by atoms with Gasteiger partial charge < -0.3 is 29.6 Å². The highest BCUT2D eigenvalue weighted by Crippen LogP contribution is 2.29. The molecule has 3 amide bonds. The van der Waals surface area contributed by atoms with E-state index in [1.54, 1.807) is 46.8 Å². The Morgan fingerprint density at radius 3 is 2.34 bits per heavy atom. The van der Waals surface area contributed by atoms with Crippen molar-refractivity contribution in [2.75, 3.05) is 26.4 Å². The number of amides is 3. The van der Waals surface area contributed by atoms with E-state index < -0.39 is 75.5 Å². The molecule has 0 spiro atoms. The zero-order valence-corrected chi connectivity index (χ0v) is 35.1. The fourth-order valence-corrected chi connectivity index (χ4v) is 6.20. The van der Waals surface area contributed by atoms with Gasteiger partial charge in [0.2, 0.25) is 3.79 Å². The summed E-state index contributed by atoms with van der Waals surface area (Å²) in [6.07, 6.45) is 3.60. The molecule has 17 heteroatoms. The number of aromatic nitrogens is 1. The number of halogens is 3. The fourth-order valence-electron chi connectivity index (χ4n) is 6.03. The fraction of sp³-hybridized carbons (Fsp3) is 0.590. The number of rotatable bonds is 12. The number of hydrogen-bond acceptors (Lipinski definition) is 11. The molecule has 2 fully saturated rings. The van der Waals surface area contributed by atoms with E-state index in [-0.39, 0.29) is 12.5 Å². The molecule has 1 aromatic carbocycles. The molecule has 0 saturated carbocycles. The van der Waals surface area contributed by atoms with Crippen molar-refractivity contribution >= 4 is 81.6 Å². The van der Waals surface area contributed by atoms with E-state index in [1.165, 1.54) is 11.9 Å². The number of alkyl halides is 3. The van der Waals surface area contributed by atoms with Crippen molar-refractivity contribution in [3.05, 3.63) is 47.7 Å². The third-order valence-corrected chi connectivity index (χ3v) is 9.49. The number of pyridine rings is 1. The van der Waals surface area contributed by atoms with E-state index in [9.17, 15) is 24.0 Å². The minimum Gasteiger partial charge on any atom is -0.460 e. The third kappa shape index (κ3) is 13.5. The summed E-state index contributed by atoms with van der Waals surface area (Å²) in [6.45, 7) is 12.7. The van der Waals surface area contributed by atoms with Gasteiger partial charge in [0.25, 0.3) is 11.8 Å². The number of hydrazine groups is 1. The lowest BCUT2D eigenvalue weighted by atomic mass is 9.90. The molecule has 2 saturated heterocycles. The van der Waals surface area contributed by atoms with E-state index in [0.29, 0.717) is 50.1 Å². The predicted octanol–water partition coefficient (Wildman–Crippen LogP) is 6.11. The van der Waals surface area contributed by atoms with Gasteiger partial charge in [0, 0.05) is 31.1 Å². The molecule has 56 heavy (non-hydrogen) atoms. The van der Waals surface area contributed by atoms with Crippen LogP contribution in [0.15, 0.2) is 36.4 Å². The first-order valence-corrected chi connectivity index (χ1v) is 19.7. The molecule has 1 aromatic heterocycles. The number of alkyl carbamates (subject to hydrolysis) is 1. The summed E-state index contributed by atoms with van der Waals surface area (Å²) in [5, 5.41) is 7.67. The van der Waals surface area contributed by atoms with Gasteiger partial charge in [-0.15, -0.1) is 0 Å². The molecular weight excluding hydrogens is 789 g/mol. The SMILES string of the molecule is C[C@H](NC(=O)[C@@H](OC(=O)C(C)(C)/C=C/c1ccc2ccc([C@@H](C)NC(=O)OC(C)(C)C)nc2c1)C1CCOCC1)C(=O)N1CCC[C@@H](C(=O)OCC(Cl)(Cl)Cl)N1. The Morgan fingerprint density at radius 1 is 1.00 bits per heavy atom. The first-order valence-electron chi connectivity index (χ1n) is 18.6. The molecule has 0 radical (unpaired) electrons. The van der Waals surface area contributed by atoms with Crippen LogP contribution < -0.4 is 16.1 Å². The minimum atomic E-state index is -1.78. The number of benzene rings is 1. The van der Waals surface area contributed by atoms with Crippen molar-refractivity contribution in [2.45, 2.75) is 108 Å². The van der Waals surface area contributed by atoms with E-state index in [0.717, 1.165) is 10.9 Å². The number of fused-ring (bicyclic) bond motifs is 1. The molecule has 0 aliphatic carbocycles. The summed E-state index contributed by atoms with van der Waals surface area (Å²) >= 11 is 17.1. The van der Waals surface area contributed by atoms with Gasteiger partial charge in [-0.25, -0.2) is 10.2 Å². The smallest absolute Gasteiger partial charge is 0.408 e. The highest BCUT2D eigenvalue weighted by molar-refractivity contribution is 6.67. The maximum absolute atomic E-state index is 13.8. The molecule has 14 nitrogen and oxygen atoms in total. The lowest BCUT2D eigenvalue weighted by Gasteiger charge is -2.35. The van der Waals surface area contributed by atoms with Crippen molar-refractivity contribution in [1.82, 2.24) is 26.1 Å². The number of hydrogen-bond donors (Lipinski definition) is 3. The number of carbonyl (C=O) groups excluding carboxylic acids is 5. The quantitative estimate of drug-likeness (QED) is 0.128. The Hall–Kier alpha value is -3.69. The molecule has 3 heterocycles. The van der Waals surface area contributed by atoms with Crippen molar-refractivity contribution in [1.29, 1.82) is 0 Å². The molecule has 4 rings (SSSR count). The number of nitrogens with one attached hydrogen (secondary N) is 3. The molecule has 3 N–H and O–H groups in total. The van der Waals surface area contributed by atoms with Crippen molar-refractivity contribution in [3.8, 4) is 0 Å². The van der Waals surface area contributed by atoms with Crippen LogP contribution in [0.3, 0.4) is 0 Å². The van der Waals surface area contributed by atoms with Gasteiger partial charge in [0.1, 0.15) is 24.3 Å². The number of nitrogens with zero attached hydrogens (tertiary/aromatic N) is 2. The van der Waals surface area contributed by atoms with Crippen LogP contribution in [0.25, 0.3) is 17.0 Å². The van der Waals surface area contributed by atoms with Gasteiger partial charge in [-0.3, -0.25) is 29.2 Å². The summed E-state index contributed by atoms with van der Waals surface area (Å²) in [5.41, 5.74) is 3.17. The monoisotopic (exact) mass is 839 g/mol. The Morgan fingerprint density at radius 2 is 1.68 bits per heavy atom. The molecule has 2 aromatic rings. The van der Waals surface area contributed by atoms with E-state index >= 15 is 0 Å². The molecule has 2 aliphatic rings. The average Bonchev–Trinajstić information content (AvgIpc) is 3.13. The van der Waals surface area contributed by atoms with E-state index in [2.05, 4.69) is 16.1 Å². The van der Waals surface area contributed by atoms with Crippen LogP contribution in [-0.4, -0.2) is 93.8 Å². The number of ether oxygens (including phenoxy) is 4. The molecule has 0 bridgehead atoms. The van der Waals surface area contributed by atoms with Gasteiger partial charge in [0.15, 0.2) is 6.10 Å². The highest BCUT2D eigenvalue weighted by Gasteiger charge is 2.39. The summed E-state index contributed by atoms with van der Waals surface area (Å²) in [5.74, 6) is -2.76. The zero-order chi connectivity index (χ0) is 41.4. The normalized spacial score (nSPS) is 18.8. The molecule has 4 atom stereocenters. The van der Waals surface area contributed by atoms with Crippen molar-refractivity contribution in [2.24, 2.45) is 11.3 Å². The average molecular weight is 841 g/mol. The lowest BCUT2D eigenvalue weighted by molar-refractivity contribution is -0.168. The second-order valence-corrected chi connectivity index (χ2v) is 18.2. The summed E-state index contributed by atoms with van der Waals surface area (Å²) in [4.78, 5) is 70.5. The minimum absolute atomic E-state index is 0.283. The maximum Gasteiger partial charge on any atom is 0.408 e. The molecule has 0 unspecified atom stereocenters. The third-order valence-electron chi connectivity index (χ3n) is 9.16. The summed E-state index contributed by atoms with van der Waals surface area (Å²) in [6, 6.07) is 7.16. The number of esters is 2. The van der Waals surface area contributed by atoms with Crippen LogP contribution in [0, 0.1) is 11.3 Å². The van der Waals surface area contributed by atoms with Crippen LogP contribution in [0.1, 0.15) is 91.4 Å². The van der Waals surface area contributed by atoms with Crippen LogP contribution in [0.5, 0.6) is 0 Å². The van der Waals surface area contributed by atoms with Gasteiger partial charge >= 0.3 is 18.0 Å². The summed E-state index contributed by atoms with van der Waals surface area (Å²) in [7, 11) is 0. The van der Waals surface area contributed by atoms with Crippen LogP contribution in [-0.2, 0) is 38.1 Å². The lowest BCUT2D eigenvalue weighted by Crippen LogP contribution is -2.60. The number of carbonyl (C=O) groups is 5. The van der Waals surface area contributed by atoms with E-state index in [1.807, 2.05) is 37.3 Å². The van der Waals surface area contributed by atoms with Gasteiger partial charge in [-0.1, -0.05) is 65.2 Å². The first kappa shape index (κ1) is 45.0. The standard InChI is InChI=1S/C39H52Cl3N5O9/c1-23(44-36(52)56-37(3,4)5)28-13-12-26-11-10-25(21-30(26)45-28)14-17-38(6,7)35(51)55-31(27-15-19-53-20-16-27)32(48)43-24(2)33(49)47-18-8-9-29(46-47)34(50)54-22-39(40,41)42/h10-14,17,21,23-24,27,29,31,46H,8-9,15-16,18-20,22H2,1-7H3,(H,43,48)(H,44,52)/b17-14+/t23-,24+,29+,31+/m1/s1. The maximum atomic E-state index is 13.8.